The number of nitrogens with zero attached hydrogens (tertiary/aromatic N) is 1. The van der Waals surface area contributed by atoms with E-state index < -0.39 is 0 Å². The highest BCUT2D eigenvalue weighted by Crippen LogP contribution is 2.20. The van der Waals surface area contributed by atoms with E-state index in [2.05, 4.69) is 69.2 Å². The van der Waals surface area contributed by atoms with Gasteiger partial charge in [-0.1, -0.05) is 32.0 Å². The van der Waals surface area contributed by atoms with Crippen molar-refractivity contribution < 1.29 is 0 Å². The van der Waals surface area contributed by atoms with E-state index in [1.165, 1.54) is 11.3 Å². The third-order valence-electron chi connectivity index (χ3n) is 2.85. The Bertz CT molecular complexity index is 318. The molecule has 0 saturated carbocycles. The van der Waals surface area contributed by atoms with Crippen molar-refractivity contribution in [1.82, 2.24) is 5.32 Å². The molecule has 2 nitrogen and oxygen atoms in total. The summed E-state index contributed by atoms with van der Waals surface area (Å²) in [6.45, 7) is 9.72. The van der Waals surface area contributed by atoms with Crippen molar-refractivity contribution in [3.8, 4) is 0 Å². The molecule has 1 rings (SSSR count). The Morgan fingerprint density at radius 3 is 2.31 bits per heavy atom. The molecule has 0 radical (unpaired) electrons. The molecule has 0 aliphatic rings. The summed E-state index contributed by atoms with van der Waals surface area (Å²) in [5.41, 5.74) is 2.69. The van der Waals surface area contributed by atoms with E-state index in [-0.39, 0.29) is 0 Å². The van der Waals surface area contributed by atoms with Crippen LogP contribution in [0, 0.1) is 0 Å². The fraction of sp³-hybridized carbons (Fsp3) is 0.571. The van der Waals surface area contributed by atoms with Crippen LogP contribution in [0.4, 0.5) is 5.69 Å². The summed E-state index contributed by atoms with van der Waals surface area (Å²) < 4.78 is 0. The van der Waals surface area contributed by atoms with Crippen LogP contribution in [0.5, 0.6) is 0 Å². The lowest BCUT2D eigenvalue weighted by molar-refractivity contribution is 0.587. The molecule has 0 aliphatic heterocycles. The first kappa shape index (κ1) is 13.0. The molecule has 1 aromatic carbocycles. The maximum Gasteiger partial charge on any atom is 0.0411 e. The van der Waals surface area contributed by atoms with E-state index >= 15 is 0 Å². The second-order valence-electron chi connectivity index (χ2n) is 4.87. The standard InChI is InChI=1S/C14H24N2/c1-11(2)15-10-13-8-6-7-9-14(13)16(5)12(3)4/h6-9,11-12,15H,10H2,1-5H3. The van der Waals surface area contributed by atoms with Gasteiger partial charge in [-0.15, -0.1) is 0 Å². The zero-order valence-electron chi connectivity index (χ0n) is 11.1. The minimum Gasteiger partial charge on any atom is -0.372 e. The molecule has 1 aromatic rings. The molecule has 0 amide bonds. The highest BCUT2D eigenvalue weighted by molar-refractivity contribution is 5.53. The zero-order valence-corrected chi connectivity index (χ0v) is 11.1. The molecule has 0 saturated heterocycles. The van der Waals surface area contributed by atoms with Gasteiger partial charge in [0.2, 0.25) is 0 Å². The van der Waals surface area contributed by atoms with E-state index in [0.717, 1.165) is 6.54 Å². The van der Waals surface area contributed by atoms with Crippen LogP contribution < -0.4 is 10.2 Å². The molecule has 1 N–H and O–H groups in total. The molecular weight excluding hydrogens is 196 g/mol. The Kier molecular flexibility index (Phi) is 4.81. The van der Waals surface area contributed by atoms with Gasteiger partial charge in [0.05, 0.1) is 0 Å². The first-order chi connectivity index (χ1) is 7.52. The van der Waals surface area contributed by atoms with Crippen molar-refractivity contribution >= 4 is 5.69 Å². The van der Waals surface area contributed by atoms with E-state index in [1.54, 1.807) is 0 Å². The largest absolute Gasteiger partial charge is 0.372 e. The van der Waals surface area contributed by atoms with Gasteiger partial charge in [-0.3, -0.25) is 0 Å². The van der Waals surface area contributed by atoms with Gasteiger partial charge in [-0.2, -0.15) is 0 Å². The number of hydrogen-bond acceptors (Lipinski definition) is 2. The minimum atomic E-state index is 0.525. The van der Waals surface area contributed by atoms with Gasteiger partial charge in [0.1, 0.15) is 0 Å². The van der Waals surface area contributed by atoms with Crippen LogP contribution in [0.25, 0.3) is 0 Å². The molecule has 16 heavy (non-hydrogen) atoms. The molecule has 0 unspecified atom stereocenters. The van der Waals surface area contributed by atoms with E-state index in [1.807, 2.05) is 0 Å². The Hall–Kier alpha value is -1.02. The van der Waals surface area contributed by atoms with E-state index in [9.17, 15) is 0 Å². The van der Waals surface area contributed by atoms with Crippen molar-refractivity contribution in [2.24, 2.45) is 0 Å². The normalized spacial score (nSPS) is 11.2. The average molecular weight is 220 g/mol. The Labute approximate surface area is 99.7 Å². The molecule has 90 valence electrons. The van der Waals surface area contributed by atoms with Crippen molar-refractivity contribution in [2.75, 3.05) is 11.9 Å². The molecule has 0 bridgehead atoms. The van der Waals surface area contributed by atoms with Gasteiger partial charge in [-0.05, 0) is 25.5 Å². The zero-order chi connectivity index (χ0) is 12.1. The maximum atomic E-state index is 3.47. The lowest BCUT2D eigenvalue weighted by Gasteiger charge is -2.26. The third-order valence-corrected chi connectivity index (χ3v) is 2.85. The monoisotopic (exact) mass is 220 g/mol. The van der Waals surface area contributed by atoms with Crippen LogP contribution in [-0.2, 0) is 6.54 Å². The number of benzene rings is 1. The van der Waals surface area contributed by atoms with Gasteiger partial charge in [-0.25, -0.2) is 0 Å². The van der Waals surface area contributed by atoms with Gasteiger partial charge >= 0.3 is 0 Å². The van der Waals surface area contributed by atoms with Gasteiger partial charge in [0.25, 0.3) is 0 Å². The fourth-order valence-electron chi connectivity index (χ4n) is 1.60. The summed E-state index contributed by atoms with van der Waals surface area (Å²) in [6.07, 6.45) is 0. The molecule has 0 heterocycles. The lowest BCUT2D eigenvalue weighted by atomic mass is 10.1. The van der Waals surface area contributed by atoms with Crippen LogP contribution in [0.15, 0.2) is 24.3 Å². The van der Waals surface area contributed by atoms with Crippen molar-refractivity contribution in [2.45, 2.75) is 46.3 Å². The summed E-state index contributed by atoms with van der Waals surface area (Å²) in [4.78, 5) is 2.32. The predicted octanol–water partition coefficient (Wildman–Crippen LogP) is 3.03. The van der Waals surface area contributed by atoms with E-state index in [4.69, 9.17) is 0 Å². The SMILES string of the molecule is CC(C)NCc1ccccc1N(C)C(C)C. The Morgan fingerprint density at radius 2 is 1.75 bits per heavy atom. The quantitative estimate of drug-likeness (QED) is 0.820. The number of anilines is 1. The predicted molar refractivity (Wildman–Crippen MR) is 72.0 cm³/mol. The van der Waals surface area contributed by atoms with Crippen molar-refractivity contribution in [1.29, 1.82) is 0 Å². The number of para-hydroxylation sites is 1. The van der Waals surface area contributed by atoms with E-state index in [0.29, 0.717) is 12.1 Å². The highest BCUT2D eigenvalue weighted by Gasteiger charge is 2.09. The topological polar surface area (TPSA) is 15.3 Å². The lowest BCUT2D eigenvalue weighted by Crippen LogP contribution is -2.28. The summed E-state index contributed by atoms with van der Waals surface area (Å²) in [7, 11) is 2.15. The smallest absolute Gasteiger partial charge is 0.0411 e. The van der Waals surface area contributed by atoms with Crippen LogP contribution in [-0.4, -0.2) is 19.1 Å². The average Bonchev–Trinajstić information content (AvgIpc) is 2.25. The van der Waals surface area contributed by atoms with Gasteiger partial charge in [0.15, 0.2) is 0 Å². The summed E-state index contributed by atoms with van der Waals surface area (Å²) in [6, 6.07) is 9.65. The van der Waals surface area contributed by atoms with Crippen LogP contribution in [0.3, 0.4) is 0 Å². The number of rotatable bonds is 5. The summed E-state index contributed by atoms with van der Waals surface area (Å²) in [5, 5.41) is 3.47. The Balaban J connectivity index is 2.83. The second-order valence-corrected chi connectivity index (χ2v) is 4.87. The van der Waals surface area contributed by atoms with Gasteiger partial charge in [0, 0.05) is 31.4 Å². The molecule has 0 spiro atoms. The molecular formula is C14H24N2. The second kappa shape index (κ2) is 5.90. The van der Waals surface area contributed by atoms with Crippen LogP contribution in [0.1, 0.15) is 33.3 Å². The molecule has 2 heteroatoms. The summed E-state index contributed by atoms with van der Waals surface area (Å²) in [5.74, 6) is 0. The first-order valence-corrected chi connectivity index (χ1v) is 6.06. The van der Waals surface area contributed by atoms with Gasteiger partial charge < -0.3 is 10.2 Å². The van der Waals surface area contributed by atoms with Crippen molar-refractivity contribution in [3.63, 3.8) is 0 Å². The molecule has 0 atom stereocenters. The fourth-order valence-corrected chi connectivity index (χ4v) is 1.60. The number of hydrogen-bond donors (Lipinski definition) is 1. The minimum absolute atomic E-state index is 0.525. The molecule has 0 aliphatic carbocycles. The third kappa shape index (κ3) is 3.53. The van der Waals surface area contributed by atoms with Crippen LogP contribution >= 0.6 is 0 Å². The van der Waals surface area contributed by atoms with Crippen LogP contribution in [0.2, 0.25) is 0 Å². The highest BCUT2D eigenvalue weighted by atomic mass is 15.1. The summed E-state index contributed by atoms with van der Waals surface area (Å²) >= 11 is 0. The maximum absolute atomic E-state index is 3.47. The molecule has 0 aromatic heterocycles. The Morgan fingerprint density at radius 1 is 1.12 bits per heavy atom. The van der Waals surface area contributed by atoms with Crippen molar-refractivity contribution in [3.05, 3.63) is 29.8 Å². The number of nitrogens with one attached hydrogen (secondary N) is 1. The first-order valence-electron chi connectivity index (χ1n) is 6.06. The molecule has 0 fully saturated rings.